The van der Waals surface area contributed by atoms with Crippen LogP contribution >= 0.6 is 0 Å². The maximum Gasteiger partial charge on any atom is 0.319 e. The smallest absolute Gasteiger partial charge is 0.319 e. The lowest BCUT2D eigenvalue weighted by atomic mass is 10.2. The highest BCUT2D eigenvalue weighted by Gasteiger charge is 2.03. The van der Waals surface area contributed by atoms with Crippen LogP contribution in [-0.4, -0.2) is 13.1 Å². The van der Waals surface area contributed by atoms with E-state index in [9.17, 15) is 4.79 Å². The lowest BCUT2D eigenvalue weighted by Gasteiger charge is -2.10. The molecule has 0 fully saturated rings. The largest absolute Gasteiger partial charge is 0.497 e. The Kier molecular flexibility index (Phi) is 4.60. The van der Waals surface area contributed by atoms with Crippen LogP contribution in [0.25, 0.3) is 0 Å². The number of hydrogen-bond donors (Lipinski definition) is 2. The number of carbonyl (C=O) groups excluding carboxylic acids is 1. The average Bonchev–Trinajstić information content (AvgIpc) is 2.48. The standard InChI is InChI=1S/C16H18N2O2/c1-12-6-3-4-9-15(12)18-16(19)17-11-13-7-5-8-14(10-13)20-2/h3-10H,11H2,1-2H3,(H2,17,18,19). The molecule has 0 spiro atoms. The van der Waals surface area contributed by atoms with Gasteiger partial charge >= 0.3 is 6.03 Å². The number of carbonyl (C=O) groups is 1. The maximum absolute atomic E-state index is 11.8. The molecule has 0 atom stereocenters. The zero-order chi connectivity index (χ0) is 14.4. The zero-order valence-corrected chi connectivity index (χ0v) is 11.6. The van der Waals surface area contributed by atoms with Crippen LogP contribution in [0.5, 0.6) is 5.75 Å². The Hall–Kier alpha value is -2.49. The number of nitrogens with one attached hydrogen (secondary N) is 2. The number of methoxy groups -OCH3 is 1. The summed E-state index contributed by atoms with van der Waals surface area (Å²) in [6, 6.07) is 15.1. The number of hydrogen-bond acceptors (Lipinski definition) is 2. The second-order valence-electron chi connectivity index (χ2n) is 4.47. The van der Waals surface area contributed by atoms with Crippen LogP contribution in [0.4, 0.5) is 10.5 Å². The molecule has 0 aliphatic carbocycles. The minimum atomic E-state index is -0.220. The zero-order valence-electron chi connectivity index (χ0n) is 11.6. The van der Waals surface area contributed by atoms with Crippen LogP contribution in [-0.2, 0) is 6.54 Å². The van der Waals surface area contributed by atoms with Crippen molar-refractivity contribution >= 4 is 11.7 Å². The van der Waals surface area contributed by atoms with Gasteiger partial charge < -0.3 is 15.4 Å². The molecule has 0 unspecified atom stereocenters. The van der Waals surface area contributed by atoms with E-state index in [2.05, 4.69) is 10.6 Å². The van der Waals surface area contributed by atoms with Crippen LogP contribution in [0.1, 0.15) is 11.1 Å². The van der Waals surface area contributed by atoms with Crippen molar-refractivity contribution in [3.8, 4) is 5.75 Å². The fourth-order valence-electron chi connectivity index (χ4n) is 1.84. The highest BCUT2D eigenvalue weighted by atomic mass is 16.5. The van der Waals surface area contributed by atoms with E-state index >= 15 is 0 Å². The van der Waals surface area contributed by atoms with Crippen molar-refractivity contribution in [1.82, 2.24) is 5.32 Å². The van der Waals surface area contributed by atoms with Crippen LogP contribution < -0.4 is 15.4 Å². The summed E-state index contributed by atoms with van der Waals surface area (Å²) < 4.78 is 5.14. The van der Waals surface area contributed by atoms with Crippen LogP contribution in [0, 0.1) is 6.92 Å². The topological polar surface area (TPSA) is 50.4 Å². The first kappa shape index (κ1) is 13.9. The normalized spacial score (nSPS) is 9.90. The second-order valence-corrected chi connectivity index (χ2v) is 4.47. The van der Waals surface area contributed by atoms with Crippen molar-refractivity contribution in [2.45, 2.75) is 13.5 Å². The molecule has 0 saturated heterocycles. The summed E-state index contributed by atoms with van der Waals surface area (Å²) in [7, 11) is 1.62. The molecule has 2 amide bonds. The van der Waals surface area contributed by atoms with Gasteiger partial charge in [-0.2, -0.15) is 0 Å². The van der Waals surface area contributed by atoms with Crippen molar-refractivity contribution < 1.29 is 9.53 Å². The fourth-order valence-corrected chi connectivity index (χ4v) is 1.84. The summed E-state index contributed by atoms with van der Waals surface area (Å²) >= 11 is 0. The van der Waals surface area contributed by atoms with Gasteiger partial charge in [0.2, 0.25) is 0 Å². The van der Waals surface area contributed by atoms with E-state index in [0.717, 1.165) is 22.6 Å². The van der Waals surface area contributed by atoms with Gasteiger partial charge in [-0.3, -0.25) is 0 Å². The van der Waals surface area contributed by atoms with Gasteiger partial charge in [0.25, 0.3) is 0 Å². The predicted octanol–water partition coefficient (Wildman–Crippen LogP) is 3.33. The molecule has 2 aromatic rings. The molecule has 4 nitrogen and oxygen atoms in total. The van der Waals surface area contributed by atoms with Crippen molar-refractivity contribution in [1.29, 1.82) is 0 Å². The van der Waals surface area contributed by atoms with E-state index in [1.807, 2.05) is 55.5 Å². The van der Waals surface area contributed by atoms with Gasteiger partial charge in [0.15, 0.2) is 0 Å². The summed E-state index contributed by atoms with van der Waals surface area (Å²) in [5, 5.41) is 5.65. The van der Waals surface area contributed by atoms with Crippen molar-refractivity contribution in [3.05, 3.63) is 59.7 Å². The molecule has 4 heteroatoms. The van der Waals surface area contributed by atoms with E-state index < -0.39 is 0 Å². The number of amides is 2. The molecule has 104 valence electrons. The van der Waals surface area contributed by atoms with Gasteiger partial charge in [-0.1, -0.05) is 30.3 Å². The Labute approximate surface area is 118 Å². The van der Waals surface area contributed by atoms with Gasteiger partial charge in [0.05, 0.1) is 7.11 Å². The highest BCUT2D eigenvalue weighted by Crippen LogP contribution is 2.14. The monoisotopic (exact) mass is 270 g/mol. The summed E-state index contributed by atoms with van der Waals surface area (Å²) in [6.07, 6.45) is 0. The summed E-state index contributed by atoms with van der Waals surface area (Å²) in [4.78, 5) is 11.8. The molecular weight excluding hydrogens is 252 g/mol. The fraction of sp³-hybridized carbons (Fsp3) is 0.188. The molecule has 0 saturated carbocycles. The summed E-state index contributed by atoms with van der Waals surface area (Å²) in [5.41, 5.74) is 2.84. The molecule has 0 aliphatic rings. The van der Waals surface area contributed by atoms with Gasteiger partial charge in [-0.15, -0.1) is 0 Å². The molecule has 20 heavy (non-hydrogen) atoms. The molecule has 0 heterocycles. The average molecular weight is 270 g/mol. The number of ether oxygens (including phenoxy) is 1. The molecule has 2 N–H and O–H groups in total. The molecule has 0 aromatic heterocycles. The van der Waals surface area contributed by atoms with E-state index in [1.165, 1.54) is 0 Å². The number of anilines is 1. The molecular formula is C16H18N2O2. The first-order valence-corrected chi connectivity index (χ1v) is 6.42. The number of urea groups is 1. The summed E-state index contributed by atoms with van der Waals surface area (Å²) in [5.74, 6) is 0.781. The number of benzene rings is 2. The minimum Gasteiger partial charge on any atom is -0.497 e. The third kappa shape index (κ3) is 3.75. The van der Waals surface area contributed by atoms with E-state index in [1.54, 1.807) is 7.11 Å². The second kappa shape index (κ2) is 6.61. The predicted molar refractivity (Wildman–Crippen MR) is 80.0 cm³/mol. The first-order valence-electron chi connectivity index (χ1n) is 6.42. The van der Waals surface area contributed by atoms with E-state index in [4.69, 9.17) is 4.74 Å². The van der Waals surface area contributed by atoms with E-state index in [-0.39, 0.29) is 6.03 Å². The van der Waals surface area contributed by atoms with Crippen molar-refractivity contribution in [3.63, 3.8) is 0 Å². The maximum atomic E-state index is 11.8. The number of rotatable bonds is 4. The Balaban J connectivity index is 1.90. The molecule has 2 aromatic carbocycles. The highest BCUT2D eigenvalue weighted by molar-refractivity contribution is 5.89. The summed E-state index contributed by atoms with van der Waals surface area (Å²) in [6.45, 7) is 2.41. The molecule has 2 rings (SSSR count). The molecule has 0 aliphatic heterocycles. The van der Waals surface area contributed by atoms with Crippen LogP contribution in [0.15, 0.2) is 48.5 Å². The first-order chi connectivity index (χ1) is 9.69. The number of para-hydroxylation sites is 1. The third-order valence-corrected chi connectivity index (χ3v) is 2.98. The lowest BCUT2D eigenvalue weighted by Crippen LogP contribution is -2.28. The quantitative estimate of drug-likeness (QED) is 0.895. The Bertz CT molecular complexity index is 597. The Morgan fingerprint density at radius 1 is 1.15 bits per heavy atom. The molecule has 0 radical (unpaired) electrons. The Morgan fingerprint density at radius 2 is 1.95 bits per heavy atom. The van der Waals surface area contributed by atoms with E-state index in [0.29, 0.717) is 6.54 Å². The van der Waals surface area contributed by atoms with Gasteiger partial charge in [-0.25, -0.2) is 4.79 Å². The van der Waals surface area contributed by atoms with Crippen LogP contribution in [0.2, 0.25) is 0 Å². The van der Waals surface area contributed by atoms with Crippen molar-refractivity contribution in [2.75, 3.05) is 12.4 Å². The van der Waals surface area contributed by atoms with Gasteiger partial charge in [0, 0.05) is 12.2 Å². The van der Waals surface area contributed by atoms with Crippen LogP contribution in [0.3, 0.4) is 0 Å². The molecule has 0 bridgehead atoms. The Morgan fingerprint density at radius 3 is 2.70 bits per heavy atom. The van der Waals surface area contributed by atoms with Gasteiger partial charge in [-0.05, 0) is 36.2 Å². The lowest BCUT2D eigenvalue weighted by molar-refractivity contribution is 0.251. The SMILES string of the molecule is COc1cccc(CNC(=O)Nc2ccccc2C)c1. The third-order valence-electron chi connectivity index (χ3n) is 2.98. The number of aryl methyl sites for hydroxylation is 1. The van der Waals surface area contributed by atoms with Crippen molar-refractivity contribution in [2.24, 2.45) is 0 Å². The van der Waals surface area contributed by atoms with Gasteiger partial charge in [0.1, 0.15) is 5.75 Å². The minimum absolute atomic E-state index is 0.220.